The minimum atomic E-state index is -0.211. The first-order chi connectivity index (χ1) is 10.2. The second-order valence-corrected chi connectivity index (χ2v) is 7.13. The van der Waals surface area contributed by atoms with Gasteiger partial charge in [-0.25, -0.2) is 4.98 Å². The summed E-state index contributed by atoms with van der Waals surface area (Å²) in [5.74, 6) is 2.94. The van der Waals surface area contributed by atoms with Crippen molar-refractivity contribution in [2.24, 2.45) is 0 Å². The maximum Gasteiger partial charge on any atom is 0.261 e. The highest BCUT2D eigenvalue weighted by atomic mass is 35.5. The van der Waals surface area contributed by atoms with Gasteiger partial charge >= 0.3 is 0 Å². The van der Waals surface area contributed by atoms with Crippen LogP contribution in [-0.2, 0) is 0 Å². The first-order valence-corrected chi connectivity index (χ1v) is 9.04. The lowest BCUT2D eigenvalue weighted by atomic mass is 10.1. The fourth-order valence-corrected chi connectivity index (χ4v) is 4.10. The largest absolute Gasteiger partial charge is 0.292 e. The average molecular weight is 323 g/mol. The maximum absolute atomic E-state index is 12.9. The Kier molecular flexibility index (Phi) is 4.55. The van der Waals surface area contributed by atoms with E-state index in [-0.39, 0.29) is 17.0 Å². The molecule has 0 N–H and O–H groups in total. The molecule has 0 bridgehead atoms. The predicted octanol–water partition coefficient (Wildman–Crippen LogP) is 4.15. The first kappa shape index (κ1) is 14.9. The third-order valence-electron chi connectivity index (χ3n) is 4.03. The molecule has 0 aliphatic carbocycles. The summed E-state index contributed by atoms with van der Waals surface area (Å²) < 4.78 is 1.88. The molecule has 0 radical (unpaired) electrons. The number of nitrogens with zero attached hydrogens (tertiary/aromatic N) is 2. The molecule has 112 valence electrons. The van der Waals surface area contributed by atoms with Crippen LogP contribution in [0.1, 0.15) is 43.4 Å². The molecule has 1 fully saturated rings. The fraction of sp³-hybridized carbons (Fsp3) is 0.500. The average Bonchev–Trinajstić information content (AvgIpc) is 2.55. The molecule has 1 aliphatic rings. The molecule has 1 saturated heterocycles. The van der Waals surface area contributed by atoms with Crippen LogP contribution >= 0.6 is 23.4 Å². The minimum absolute atomic E-state index is 0.0617. The quantitative estimate of drug-likeness (QED) is 0.796. The zero-order chi connectivity index (χ0) is 14.8. The van der Waals surface area contributed by atoms with Gasteiger partial charge in [0.05, 0.1) is 16.3 Å². The van der Waals surface area contributed by atoms with E-state index in [9.17, 15) is 4.79 Å². The van der Waals surface area contributed by atoms with E-state index in [1.807, 2.05) is 47.5 Å². The summed E-state index contributed by atoms with van der Waals surface area (Å²) in [4.78, 5) is 17.6. The summed E-state index contributed by atoms with van der Waals surface area (Å²) in [6, 6.07) is 7.79. The molecule has 0 saturated carbocycles. The Morgan fingerprint density at radius 1 is 1.38 bits per heavy atom. The fourth-order valence-electron chi connectivity index (χ4n) is 2.86. The van der Waals surface area contributed by atoms with Crippen molar-refractivity contribution in [3.8, 4) is 0 Å². The summed E-state index contributed by atoms with van der Waals surface area (Å²) in [5.41, 5.74) is 0.810. The minimum Gasteiger partial charge on any atom is -0.292 e. The molecule has 5 heteroatoms. The highest BCUT2D eigenvalue weighted by Gasteiger charge is 2.24. The number of hydrogen-bond acceptors (Lipinski definition) is 3. The van der Waals surface area contributed by atoms with Gasteiger partial charge in [0.25, 0.3) is 5.56 Å². The van der Waals surface area contributed by atoms with Gasteiger partial charge in [0.1, 0.15) is 5.82 Å². The van der Waals surface area contributed by atoms with Crippen molar-refractivity contribution in [1.29, 1.82) is 0 Å². The Morgan fingerprint density at radius 2 is 2.10 bits per heavy atom. The number of halogens is 1. The number of fused-ring (bicyclic) bond motifs is 1. The molecular formula is C16H19ClN2OS. The Morgan fingerprint density at radius 3 is 2.81 bits per heavy atom. The van der Waals surface area contributed by atoms with Gasteiger partial charge < -0.3 is 0 Å². The van der Waals surface area contributed by atoms with Crippen LogP contribution < -0.4 is 5.56 Å². The van der Waals surface area contributed by atoms with Crippen molar-refractivity contribution in [2.45, 2.75) is 37.6 Å². The Labute approximate surface area is 133 Å². The molecule has 1 atom stereocenters. The molecule has 3 rings (SSSR count). The lowest BCUT2D eigenvalue weighted by molar-refractivity contribution is 0.433. The summed E-state index contributed by atoms with van der Waals surface area (Å²) >= 11 is 8.41. The number of para-hydroxylation sites is 1. The van der Waals surface area contributed by atoms with Gasteiger partial charge in [0.2, 0.25) is 0 Å². The monoisotopic (exact) mass is 322 g/mol. The summed E-state index contributed by atoms with van der Waals surface area (Å²) in [6.07, 6.45) is 2.81. The predicted molar refractivity (Wildman–Crippen MR) is 90.5 cm³/mol. The highest BCUT2D eigenvalue weighted by Crippen LogP contribution is 2.31. The van der Waals surface area contributed by atoms with E-state index in [0.717, 1.165) is 42.1 Å². The molecule has 1 aromatic heterocycles. The molecule has 2 heterocycles. The Balaban J connectivity index is 2.22. The maximum atomic E-state index is 12.9. The van der Waals surface area contributed by atoms with Gasteiger partial charge in [-0.15, -0.1) is 11.6 Å². The second-order valence-electron chi connectivity index (χ2n) is 5.38. The van der Waals surface area contributed by atoms with Crippen molar-refractivity contribution < 1.29 is 0 Å². The third kappa shape index (κ3) is 2.84. The number of aromatic nitrogens is 2. The number of alkyl halides is 1. The van der Waals surface area contributed by atoms with Crippen LogP contribution in [0, 0.1) is 0 Å². The zero-order valence-electron chi connectivity index (χ0n) is 12.1. The van der Waals surface area contributed by atoms with Crippen LogP contribution in [0.4, 0.5) is 0 Å². The molecule has 1 aromatic carbocycles. The van der Waals surface area contributed by atoms with Crippen molar-refractivity contribution >= 4 is 34.3 Å². The lowest BCUT2D eigenvalue weighted by Gasteiger charge is -2.27. The van der Waals surface area contributed by atoms with Gasteiger partial charge in [-0.1, -0.05) is 19.1 Å². The van der Waals surface area contributed by atoms with Gasteiger partial charge in [-0.3, -0.25) is 9.36 Å². The standard InChI is InChI=1S/C16H19ClN2OS/c1-2-13(17)15-18-14-6-4-3-5-12(14)16(20)19(15)11-7-9-21-10-8-11/h3-6,11,13H,2,7-10H2,1H3. The van der Waals surface area contributed by atoms with Crippen LogP contribution in [0.3, 0.4) is 0 Å². The number of rotatable bonds is 3. The van der Waals surface area contributed by atoms with Crippen LogP contribution in [0.15, 0.2) is 29.1 Å². The second kappa shape index (κ2) is 6.41. The third-order valence-corrected chi connectivity index (χ3v) is 5.58. The Bertz CT molecular complexity index is 694. The lowest BCUT2D eigenvalue weighted by Crippen LogP contribution is -2.31. The van der Waals surface area contributed by atoms with E-state index in [0.29, 0.717) is 5.39 Å². The molecule has 3 nitrogen and oxygen atoms in total. The van der Waals surface area contributed by atoms with Gasteiger partial charge in [0.15, 0.2) is 0 Å². The van der Waals surface area contributed by atoms with E-state index in [4.69, 9.17) is 16.6 Å². The van der Waals surface area contributed by atoms with E-state index in [1.165, 1.54) is 0 Å². The molecule has 1 aliphatic heterocycles. The normalized spacial score (nSPS) is 18.0. The molecule has 21 heavy (non-hydrogen) atoms. The number of benzene rings is 1. The Hall–Kier alpha value is -1.00. The summed E-state index contributed by atoms with van der Waals surface area (Å²) in [6.45, 7) is 2.03. The van der Waals surface area contributed by atoms with Crippen molar-refractivity contribution in [2.75, 3.05) is 11.5 Å². The molecule has 1 unspecified atom stereocenters. The SMILES string of the molecule is CCC(Cl)c1nc2ccccc2c(=O)n1C1CCSCC1. The number of hydrogen-bond donors (Lipinski definition) is 0. The topological polar surface area (TPSA) is 34.9 Å². The van der Waals surface area contributed by atoms with Gasteiger partial charge in [-0.2, -0.15) is 11.8 Å². The highest BCUT2D eigenvalue weighted by molar-refractivity contribution is 7.99. The van der Waals surface area contributed by atoms with Gasteiger partial charge in [0, 0.05) is 6.04 Å². The summed E-state index contributed by atoms with van der Waals surface area (Å²) in [7, 11) is 0. The molecule has 0 amide bonds. The van der Waals surface area contributed by atoms with Crippen LogP contribution in [0.5, 0.6) is 0 Å². The molecular weight excluding hydrogens is 304 g/mol. The van der Waals surface area contributed by atoms with E-state index >= 15 is 0 Å². The number of thioether (sulfide) groups is 1. The van der Waals surface area contributed by atoms with Crippen LogP contribution in [0.25, 0.3) is 10.9 Å². The van der Waals surface area contributed by atoms with Crippen LogP contribution in [-0.4, -0.2) is 21.1 Å². The van der Waals surface area contributed by atoms with Crippen molar-refractivity contribution in [3.63, 3.8) is 0 Å². The zero-order valence-corrected chi connectivity index (χ0v) is 13.7. The van der Waals surface area contributed by atoms with Gasteiger partial charge in [-0.05, 0) is 42.9 Å². The smallest absolute Gasteiger partial charge is 0.261 e. The van der Waals surface area contributed by atoms with E-state index < -0.39 is 0 Å². The van der Waals surface area contributed by atoms with Crippen LogP contribution in [0.2, 0.25) is 0 Å². The molecule has 0 spiro atoms. The van der Waals surface area contributed by atoms with E-state index in [1.54, 1.807) is 0 Å². The van der Waals surface area contributed by atoms with Crippen molar-refractivity contribution in [3.05, 3.63) is 40.4 Å². The summed E-state index contributed by atoms with van der Waals surface area (Å²) in [5, 5.41) is 0.483. The molecule has 2 aromatic rings. The van der Waals surface area contributed by atoms with Crippen molar-refractivity contribution in [1.82, 2.24) is 9.55 Å². The first-order valence-electron chi connectivity index (χ1n) is 7.45. The van der Waals surface area contributed by atoms with E-state index in [2.05, 4.69) is 0 Å².